The maximum atomic E-state index is 13.1. The summed E-state index contributed by atoms with van der Waals surface area (Å²) in [5, 5.41) is 11.5. The predicted octanol–water partition coefficient (Wildman–Crippen LogP) is 5.10. The second kappa shape index (κ2) is 9.94. The highest BCUT2D eigenvalue weighted by atomic mass is 19.3. The number of nitrogens with one attached hydrogen (secondary N) is 1. The monoisotopic (exact) mass is 465 g/mol. The van der Waals surface area contributed by atoms with Gasteiger partial charge in [0, 0.05) is 32.0 Å². The highest BCUT2D eigenvalue weighted by molar-refractivity contribution is 5.78. The average molecular weight is 466 g/mol. The van der Waals surface area contributed by atoms with Crippen molar-refractivity contribution in [1.82, 2.24) is 10.2 Å². The Morgan fingerprint density at radius 3 is 2.74 bits per heavy atom. The zero-order chi connectivity index (χ0) is 24.3. The highest BCUT2D eigenvalue weighted by Gasteiger charge is 2.57. The Kier molecular flexibility index (Phi) is 6.99. The predicted molar refractivity (Wildman–Crippen MR) is 125 cm³/mol. The molecule has 4 rings (SSSR count). The quantitative estimate of drug-likeness (QED) is 0.524. The maximum Gasteiger partial charge on any atom is 0.255 e. The lowest BCUT2D eigenvalue weighted by Crippen LogP contribution is -2.32. The normalized spacial score (nSPS) is 21.6. The Morgan fingerprint density at radius 1 is 1.35 bits per heavy atom. The molecule has 0 aromatic heterocycles. The van der Waals surface area contributed by atoms with Crippen molar-refractivity contribution in [3.05, 3.63) is 77.4 Å². The number of carbonyl (C=O) groups is 1. The lowest BCUT2D eigenvalue weighted by Gasteiger charge is -2.33. The fourth-order valence-corrected chi connectivity index (χ4v) is 4.42. The number of fused-ring (bicyclic) bond motifs is 1. The Labute approximate surface area is 199 Å². The Bertz CT molecular complexity index is 1090. The minimum absolute atomic E-state index is 0.0489. The van der Waals surface area contributed by atoms with E-state index in [2.05, 4.69) is 28.9 Å². The van der Waals surface area contributed by atoms with Gasteiger partial charge in [0.05, 0.1) is 24.6 Å². The number of nitriles is 1. The molecule has 7 heteroatoms. The van der Waals surface area contributed by atoms with Crippen molar-refractivity contribution in [3.8, 4) is 11.8 Å². The van der Waals surface area contributed by atoms with E-state index < -0.39 is 11.8 Å². The molecule has 0 saturated heterocycles. The van der Waals surface area contributed by atoms with Gasteiger partial charge in [-0.15, -0.1) is 6.58 Å². The Morgan fingerprint density at radius 2 is 2.09 bits per heavy atom. The number of amides is 1. The van der Waals surface area contributed by atoms with E-state index in [1.807, 2.05) is 49.4 Å². The minimum Gasteiger partial charge on any atom is -0.493 e. The highest BCUT2D eigenvalue weighted by Crippen LogP contribution is 2.48. The van der Waals surface area contributed by atoms with Crippen LogP contribution in [0.4, 0.5) is 8.78 Å². The number of benzene rings is 2. The first-order valence-electron chi connectivity index (χ1n) is 11.5. The van der Waals surface area contributed by atoms with Crippen LogP contribution in [-0.4, -0.2) is 29.9 Å². The fraction of sp³-hybridized carbons (Fsp3) is 0.407. The van der Waals surface area contributed by atoms with Gasteiger partial charge in [0.1, 0.15) is 12.2 Å². The molecule has 1 saturated carbocycles. The van der Waals surface area contributed by atoms with Crippen LogP contribution in [0.15, 0.2) is 55.1 Å². The van der Waals surface area contributed by atoms with Crippen molar-refractivity contribution >= 4 is 5.91 Å². The standard InChI is InChI=1S/C27H29F2N3O2/c1-3-20-15-32(14-19-4-6-21(7-5-19)18(2)31-26(33)10-11-30)16-22-8-9-24(12-25(20)22)34-17-23-13-27(23,28)29/h3-9,12,18,20,23H,1,10,13-17H2,2H3,(H,31,33)/t18-,20?,23?/m0/s1. The molecule has 34 heavy (non-hydrogen) atoms. The zero-order valence-corrected chi connectivity index (χ0v) is 19.3. The molecule has 5 nitrogen and oxygen atoms in total. The summed E-state index contributed by atoms with van der Waals surface area (Å²) in [4.78, 5) is 14.0. The molecule has 2 aromatic carbocycles. The van der Waals surface area contributed by atoms with Crippen molar-refractivity contribution < 1.29 is 18.3 Å². The van der Waals surface area contributed by atoms with Crippen molar-refractivity contribution in [2.24, 2.45) is 5.92 Å². The fourth-order valence-electron chi connectivity index (χ4n) is 4.42. The summed E-state index contributed by atoms with van der Waals surface area (Å²) in [5.74, 6) is -2.75. The second-order valence-corrected chi connectivity index (χ2v) is 9.21. The molecule has 0 radical (unpaired) electrons. The van der Waals surface area contributed by atoms with Crippen molar-refractivity contribution in [2.45, 2.75) is 50.7 Å². The summed E-state index contributed by atoms with van der Waals surface area (Å²) < 4.78 is 31.9. The molecule has 3 atom stereocenters. The third-order valence-corrected chi connectivity index (χ3v) is 6.56. The maximum absolute atomic E-state index is 13.1. The van der Waals surface area contributed by atoms with Gasteiger partial charge in [0.2, 0.25) is 5.91 Å². The molecule has 2 aliphatic rings. The third kappa shape index (κ3) is 5.63. The van der Waals surface area contributed by atoms with E-state index >= 15 is 0 Å². The number of halogens is 2. The first kappa shape index (κ1) is 23.9. The summed E-state index contributed by atoms with van der Waals surface area (Å²) in [5.41, 5.74) is 4.48. The third-order valence-electron chi connectivity index (χ3n) is 6.56. The molecule has 1 amide bonds. The Hall–Kier alpha value is -3.24. The molecule has 1 aliphatic carbocycles. The van der Waals surface area contributed by atoms with Crippen LogP contribution in [0.3, 0.4) is 0 Å². The zero-order valence-electron chi connectivity index (χ0n) is 19.3. The summed E-state index contributed by atoms with van der Waals surface area (Å²) in [6, 6.07) is 15.7. The summed E-state index contributed by atoms with van der Waals surface area (Å²) >= 11 is 0. The lowest BCUT2D eigenvalue weighted by molar-refractivity contribution is -0.120. The van der Waals surface area contributed by atoms with Crippen LogP contribution >= 0.6 is 0 Å². The molecule has 2 unspecified atom stereocenters. The number of rotatable bonds is 9. The van der Waals surface area contributed by atoms with Crippen molar-refractivity contribution in [3.63, 3.8) is 0 Å². The van der Waals surface area contributed by atoms with Crippen LogP contribution in [0.1, 0.15) is 54.0 Å². The number of hydrogen-bond donors (Lipinski definition) is 1. The number of ether oxygens (including phenoxy) is 1. The lowest BCUT2D eigenvalue weighted by atomic mass is 9.89. The first-order chi connectivity index (χ1) is 16.3. The largest absolute Gasteiger partial charge is 0.493 e. The smallest absolute Gasteiger partial charge is 0.255 e. The molecule has 2 aromatic rings. The van der Waals surface area contributed by atoms with Crippen LogP contribution in [-0.2, 0) is 17.9 Å². The molecule has 1 fully saturated rings. The van der Waals surface area contributed by atoms with Gasteiger partial charge in [-0.05, 0) is 41.3 Å². The topological polar surface area (TPSA) is 65.4 Å². The van der Waals surface area contributed by atoms with Gasteiger partial charge in [-0.25, -0.2) is 8.78 Å². The van der Waals surface area contributed by atoms with Gasteiger partial charge in [0.15, 0.2) is 0 Å². The summed E-state index contributed by atoms with van der Waals surface area (Å²) in [6.07, 6.45) is 1.70. The molecule has 178 valence electrons. The molecule has 0 bridgehead atoms. The SMILES string of the molecule is C=CC1CN(Cc2ccc([C@H](C)NC(=O)CC#N)cc2)Cc2ccc(OCC3CC3(F)F)cc21. The van der Waals surface area contributed by atoms with E-state index in [0.29, 0.717) is 5.75 Å². The summed E-state index contributed by atoms with van der Waals surface area (Å²) in [7, 11) is 0. The number of carbonyl (C=O) groups excluding carboxylic acids is 1. The number of hydrogen-bond acceptors (Lipinski definition) is 4. The van der Waals surface area contributed by atoms with Crippen molar-refractivity contribution in [1.29, 1.82) is 5.26 Å². The van der Waals surface area contributed by atoms with E-state index in [0.717, 1.165) is 36.3 Å². The van der Waals surface area contributed by atoms with Crippen LogP contribution < -0.4 is 10.1 Å². The van der Waals surface area contributed by atoms with Gasteiger partial charge < -0.3 is 10.1 Å². The second-order valence-electron chi connectivity index (χ2n) is 9.21. The van der Waals surface area contributed by atoms with E-state index in [1.165, 1.54) is 5.56 Å². The van der Waals surface area contributed by atoms with Crippen LogP contribution in [0.25, 0.3) is 0 Å². The Balaban J connectivity index is 1.37. The van der Waals surface area contributed by atoms with Gasteiger partial charge in [0.25, 0.3) is 5.92 Å². The van der Waals surface area contributed by atoms with Crippen LogP contribution in [0.5, 0.6) is 5.75 Å². The van der Waals surface area contributed by atoms with Crippen LogP contribution in [0.2, 0.25) is 0 Å². The van der Waals surface area contributed by atoms with Gasteiger partial charge >= 0.3 is 0 Å². The van der Waals surface area contributed by atoms with E-state index in [-0.39, 0.29) is 37.3 Å². The van der Waals surface area contributed by atoms with E-state index in [9.17, 15) is 13.6 Å². The van der Waals surface area contributed by atoms with Gasteiger partial charge in [-0.3, -0.25) is 9.69 Å². The van der Waals surface area contributed by atoms with Gasteiger partial charge in [-0.2, -0.15) is 5.26 Å². The molecule has 1 N–H and O–H groups in total. The minimum atomic E-state index is -2.57. The molecular formula is C27H29F2N3O2. The first-order valence-corrected chi connectivity index (χ1v) is 11.5. The van der Waals surface area contributed by atoms with E-state index in [4.69, 9.17) is 10.00 Å². The summed E-state index contributed by atoms with van der Waals surface area (Å²) in [6.45, 7) is 8.31. The molecule has 1 aliphatic heterocycles. The number of alkyl halides is 2. The van der Waals surface area contributed by atoms with E-state index in [1.54, 1.807) is 0 Å². The molecular weight excluding hydrogens is 436 g/mol. The van der Waals surface area contributed by atoms with Crippen LogP contribution in [0, 0.1) is 17.2 Å². The van der Waals surface area contributed by atoms with Gasteiger partial charge in [-0.1, -0.05) is 36.4 Å². The average Bonchev–Trinajstić information content (AvgIpc) is 3.43. The number of nitrogens with zero attached hydrogens (tertiary/aromatic N) is 2. The van der Waals surface area contributed by atoms with Crippen molar-refractivity contribution in [2.75, 3.05) is 13.2 Å². The molecule has 1 heterocycles. The molecule has 0 spiro atoms.